The lowest BCUT2D eigenvalue weighted by Crippen LogP contribution is -2.34. The zero-order valence-corrected chi connectivity index (χ0v) is 13.3. The first-order chi connectivity index (χ1) is 14.3. The number of ether oxygens (including phenoxy) is 1. The van der Waals surface area contributed by atoms with Crippen LogP contribution in [0.2, 0.25) is 6.43 Å². The Labute approximate surface area is 152 Å². The number of esters is 1. The molecule has 8 heteroatoms. The predicted molar refractivity (Wildman–Crippen MR) is 86.3 cm³/mol. The molecule has 0 spiro atoms. The van der Waals surface area contributed by atoms with Gasteiger partial charge in [0.1, 0.15) is 11.0 Å². The molecule has 0 saturated carbocycles. The lowest BCUT2D eigenvalue weighted by Gasteiger charge is -2.24. The summed E-state index contributed by atoms with van der Waals surface area (Å²) in [5.41, 5.74) is -2.40. The summed E-state index contributed by atoms with van der Waals surface area (Å²) in [4.78, 5) is 12.5. The van der Waals surface area contributed by atoms with Gasteiger partial charge in [0.05, 0.1) is 25.6 Å². The van der Waals surface area contributed by atoms with Crippen molar-refractivity contribution >= 4 is 33.3 Å². The third-order valence-electron chi connectivity index (χ3n) is 2.52. The molecule has 1 aliphatic rings. The molecule has 5 nitrogen and oxygen atoms in total. The first-order valence-corrected chi connectivity index (χ1v) is 8.03. The molecule has 1 aliphatic carbocycles. The molecule has 0 aromatic heterocycles. The Balaban J connectivity index is 2.97. The number of sulfonamides is 1. The highest BCUT2D eigenvalue weighted by Crippen LogP contribution is 2.30. The van der Waals surface area contributed by atoms with Gasteiger partial charge in [0.25, 0.3) is 0 Å². The highest BCUT2D eigenvalue weighted by Gasteiger charge is 2.35. The van der Waals surface area contributed by atoms with E-state index in [1.54, 1.807) is 0 Å². The molecule has 0 bridgehead atoms. The fourth-order valence-corrected chi connectivity index (χ4v) is 2.91. The Hall–Kier alpha value is -1.60. The van der Waals surface area contributed by atoms with E-state index in [0.717, 1.165) is 0 Å². The number of anilines is 1. The third kappa shape index (κ3) is 4.23. The Bertz CT molecular complexity index is 1100. The van der Waals surface area contributed by atoms with Crippen molar-refractivity contribution in [1.29, 1.82) is 0 Å². The van der Waals surface area contributed by atoms with Crippen LogP contribution in [0, 0.1) is 5.82 Å². The summed E-state index contributed by atoms with van der Waals surface area (Å²) in [5.74, 6) is -2.67. The molecule has 2 rings (SSSR count). The number of benzene rings is 1. The van der Waals surface area contributed by atoms with Crippen molar-refractivity contribution in [1.82, 2.24) is 0 Å². The Kier molecular flexibility index (Phi) is 2.87. The van der Waals surface area contributed by atoms with Gasteiger partial charge < -0.3 is 4.74 Å². The first-order valence-electron chi connectivity index (χ1n) is 10.7. The quantitative estimate of drug-likeness (QED) is 0.807. The summed E-state index contributed by atoms with van der Waals surface area (Å²) in [7, 11) is -5.82. The fraction of sp³-hybridized carbons (Fsp3) is 0.400. The average Bonchev–Trinajstić information content (AvgIpc) is 2.66. The molecule has 23 heavy (non-hydrogen) atoms. The predicted octanol–water partition coefficient (Wildman–Crippen LogP) is 3.26. The molecule has 0 unspecified atom stereocenters. The second-order valence-corrected chi connectivity index (χ2v) is 6.03. The second kappa shape index (κ2) is 7.31. The van der Waals surface area contributed by atoms with Crippen molar-refractivity contribution in [2.45, 2.75) is 31.3 Å². The van der Waals surface area contributed by atoms with Gasteiger partial charge in [-0.2, -0.15) is 0 Å². The van der Waals surface area contributed by atoms with Gasteiger partial charge in [-0.3, -0.25) is 4.72 Å². The van der Waals surface area contributed by atoms with Crippen LogP contribution in [0.4, 0.5) is 10.1 Å². The number of carbonyl (C=O) groups excluding carboxylic acids is 1. The van der Waals surface area contributed by atoms with Crippen LogP contribution in [0.1, 0.15) is 37.0 Å². The Morgan fingerprint density at radius 1 is 1.70 bits per heavy atom. The minimum atomic E-state index is -5.82. The molecule has 126 valence electrons. The maximum absolute atomic E-state index is 13.4. The highest BCUT2D eigenvalue weighted by atomic mass is 35.5. The maximum atomic E-state index is 13.4. The number of rotatable bonds is 5. The monoisotopic (exact) mass is 370 g/mol. The van der Waals surface area contributed by atoms with Gasteiger partial charge in [-0.1, -0.05) is 17.7 Å². The van der Waals surface area contributed by atoms with Crippen molar-refractivity contribution < 1.29 is 34.7 Å². The van der Waals surface area contributed by atoms with Crippen molar-refractivity contribution in [3.8, 4) is 0 Å². The van der Waals surface area contributed by atoms with Gasteiger partial charge in [-0.05, 0) is 44.2 Å². The molecule has 1 atom stereocenters. The van der Waals surface area contributed by atoms with Gasteiger partial charge in [-0.15, -0.1) is 0 Å². The number of carbonyl (C=O) groups is 1. The Morgan fingerprint density at radius 3 is 3.09 bits per heavy atom. The largest absolute Gasteiger partial charge is 0.463 e. The van der Waals surface area contributed by atoms with E-state index in [9.17, 15) is 17.6 Å². The van der Waals surface area contributed by atoms with Gasteiger partial charge in [0.15, 0.2) is 1.41 Å². The normalized spacial score (nSPS) is 34.1. The van der Waals surface area contributed by atoms with Gasteiger partial charge in [0, 0.05) is 8.22 Å². The average molecular weight is 371 g/mol. The van der Waals surface area contributed by atoms with E-state index in [4.69, 9.17) is 24.0 Å². The number of hydrogen-bond acceptors (Lipinski definition) is 4. The number of halogens is 2. The highest BCUT2D eigenvalue weighted by molar-refractivity contribution is 7.93. The van der Waals surface area contributed by atoms with E-state index in [2.05, 4.69) is 4.74 Å². The van der Waals surface area contributed by atoms with E-state index in [-0.39, 0.29) is 0 Å². The summed E-state index contributed by atoms with van der Waals surface area (Å²) in [6.45, 7) is 0.835. The van der Waals surface area contributed by atoms with Crippen LogP contribution in [-0.2, 0) is 19.6 Å². The molecule has 0 fully saturated rings. The molecule has 0 radical (unpaired) electrons. The minimum Gasteiger partial charge on any atom is -0.463 e. The van der Waals surface area contributed by atoms with E-state index < -0.39 is 79.8 Å². The summed E-state index contributed by atoms with van der Waals surface area (Å²) >= 11 is 5.77. The van der Waals surface area contributed by atoms with E-state index in [1.807, 2.05) is 0 Å². The zero-order chi connectivity index (χ0) is 25.1. The molecule has 0 aliphatic heterocycles. The number of nitrogens with one attached hydrogen (secondary N) is 1. The van der Waals surface area contributed by atoms with Crippen LogP contribution in [0.15, 0.2) is 29.8 Å². The molecular formula is C15H17ClFNO4S. The second-order valence-electron chi connectivity index (χ2n) is 4.09. The SMILES string of the molecule is [2H]C1=C(C(=O)OCC)[C@]([2H])(S(=O)(=O)N([2H])c2ccc(F)cc2Cl)C([2H])([2H])C([2H])([2H])C1([2H])[2H]. The van der Waals surface area contributed by atoms with E-state index >= 15 is 0 Å². The fourth-order valence-electron chi connectivity index (χ4n) is 1.57. The molecule has 1 aromatic carbocycles. The standard InChI is InChI=1S/C15H17ClFNO4S/c1-2-22-15(19)11-5-3-4-6-14(11)23(20,21)18-13-8-7-10(17)9-12(13)16/h5,7-9,14,18H,2-4,6H2,1H3/t14-/m1/s1/i3D2,4D2,5D,6D2,14D/hD. The van der Waals surface area contributed by atoms with Crippen LogP contribution >= 0.6 is 11.6 Å². The summed E-state index contributed by atoms with van der Waals surface area (Å²) in [6.07, 6.45) is -11.4. The van der Waals surface area contributed by atoms with Crippen molar-refractivity contribution in [3.05, 3.63) is 40.7 Å². The Morgan fingerprint density at radius 2 is 2.43 bits per heavy atom. The van der Waals surface area contributed by atoms with E-state index in [0.29, 0.717) is 18.2 Å². The molecule has 0 amide bonds. The van der Waals surface area contributed by atoms with Crippen LogP contribution in [-0.4, -0.2) is 26.2 Å². The smallest absolute Gasteiger partial charge is 0.335 e. The van der Waals surface area contributed by atoms with Gasteiger partial charge in [-0.25, -0.2) is 17.6 Å². The number of hydrogen-bond donors (Lipinski definition) is 1. The van der Waals surface area contributed by atoms with Crippen molar-refractivity contribution in [2.24, 2.45) is 0 Å². The summed E-state index contributed by atoms with van der Waals surface area (Å²) in [5, 5.41) is -4.72. The van der Waals surface area contributed by atoms with Crippen LogP contribution in [0.3, 0.4) is 0 Å². The van der Waals surface area contributed by atoms with Gasteiger partial charge >= 0.3 is 5.97 Å². The summed E-state index contributed by atoms with van der Waals surface area (Å²) < 4.78 is 117. The van der Waals surface area contributed by atoms with Gasteiger partial charge in [0.2, 0.25) is 10.0 Å². The number of allylic oxidation sites excluding steroid dienone is 1. The third-order valence-corrected chi connectivity index (χ3v) is 4.08. The van der Waals surface area contributed by atoms with Crippen LogP contribution in [0.25, 0.3) is 0 Å². The lowest BCUT2D eigenvalue weighted by atomic mass is 9.99. The molecule has 1 aromatic rings. The van der Waals surface area contributed by atoms with Crippen molar-refractivity contribution in [3.63, 3.8) is 0 Å². The topological polar surface area (TPSA) is 72.5 Å². The van der Waals surface area contributed by atoms with Crippen LogP contribution in [0.5, 0.6) is 0 Å². The molecule has 1 N–H and O–H groups in total. The minimum absolute atomic E-state index is 0.432. The molecule has 0 heterocycles. The lowest BCUT2D eigenvalue weighted by molar-refractivity contribution is -0.138. The summed E-state index contributed by atoms with van der Waals surface area (Å²) in [6, 6.07) is 0.414. The maximum Gasteiger partial charge on any atom is 0.335 e. The molecular weight excluding hydrogens is 345 g/mol. The van der Waals surface area contributed by atoms with Crippen molar-refractivity contribution in [2.75, 3.05) is 11.3 Å². The first kappa shape index (κ1) is 9.03. The van der Waals surface area contributed by atoms with Crippen LogP contribution < -0.4 is 4.72 Å². The van der Waals surface area contributed by atoms with E-state index in [1.165, 1.54) is 6.92 Å². The zero-order valence-electron chi connectivity index (χ0n) is 20.7. The molecule has 0 saturated heterocycles.